The molecule has 2 aliphatic carbocycles. The van der Waals surface area contributed by atoms with Crippen molar-refractivity contribution in [3.8, 4) is 11.3 Å². The third kappa shape index (κ3) is 7.90. The first-order valence-corrected chi connectivity index (χ1v) is 17.4. The summed E-state index contributed by atoms with van der Waals surface area (Å²) in [5.74, 6) is 1.11. The van der Waals surface area contributed by atoms with Gasteiger partial charge in [0.2, 0.25) is 0 Å². The van der Waals surface area contributed by atoms with Crippen molar-refractivity contribution in [3.63, 3.8) is 0 Å². The van der Waals surface area contributed by atoms with Gasteiger partial charge < -0.3 is 15.4 Å². The van der Waals surface area contributed by atoms with Gasteiger partial charge in [0.25, 0.3) is 0 Å². The number of rotatable bonds is 9. The van der Waals surface area contributed by atoms with Gasteiger partial charge >= 0.3 is 0 Å². The van der Waals surface area contributed by atoms with Crippen LogP contribution in [0.5, 0.6) is 0 Å². The molecular weight excluding hydrogens is 729 g/mol. The number of nitrogens with zero attached hydrogens (tertiary/aromatic N) is 2. The standard InChI is InChI=1S/C26H24N.C15H30NO.Ir/c1-16(2)13-17-11-12-19-15-27-25-20-9-5-7-18-8-6-10-22(23(18)20)26(3,4)24(25)21(19)14-17;1-4-13(5-2)15(17)11-12(3)16-14-9-7-6-8-10-14;/h5-8,10-12,14-16H,13H2,1-4H3;12-15,17H,4-11H2,1-3H3;/q2*-1;. The Labute approximate surface area is 286 Å². The molecule has 245 valence electrons. The molecule has 2 unspecified atom stereocenters. The molecule has 0 saturated heterocycles. The normalized spacial score (nSPS) is 17.0. The predicted octanol–water partition coefficient (Wildman–Crippen LogP) is 11.0. The molecule has 2 atom stereocenters. The number of aliphatic hydroxyl groups excluding tert-OH is 1. The summed E-state index contributed by atoms with van der Waals surface area (Å²) in [4.78, 5) is 4.93. The van der Waals surface area contributed by atoms with Gasteiger partial charge in [-0.2, -0.15) is 0 Å². The number of aromatic nitrogens is 1. The maximum absolute atomic E-state index is 10.1. The first-order valence-electron chi connectivity index (χ1n) is 17.4. The average molecular weight is 783 g/mol. The van der Waals surface area contributed by atoms with Gasteiger partial charge in [-0.15, -0.1) is 41.2 Å². The molecule has 3 aromatic carbocycles. The first-order chi connectivity index (χ1) is 21.1. The van der Waals surface area contributed by atoms with Crippen LogP contribution in [-0.2, 0) is 31.9 Å². The van der Waals surface area contributed by atoms with E-state index in [1.54, 1.807) is 0 Å². The summed E-state index contributed by atoms with van der Waals surface area (Å²) in [6.07, 6.45) is 12.6. The smallest absolute Gasteiger partial charge is 0.0554 e. The van der Waals surface area contributed by atoms with Gasteiger partial charge in [-0.05, 0) is 52.3 Å². The fourth-order valence-corrected chi connectivity index (χ4v) is 7.82. The predicted molar refractivity (Wildman–Crippen MR) is 189 cm³/mol. The van der Waals surface area contributed by atoms with Crippen LogP contribution in [0.2, 0.25) is 0 Å². The Morgan fingerprint density at radius 3 is 2.40 bits per heavy atom. The van der Waals surface area contributed by atoms with Crippen molar-refractivity contribution in [2.75, 3.05) is 0 Å². The molecular formula is C41H54IrN2O-2. The summed E-state index contributed by atoms with van der Waals surface area (Å²) in [6, 6.07) is 22.1. The van der Waals surface area contributed by atoms with Crippen LogP contribution in [0.4, 0.5) is 0 Å². The van der Waals surface area contributed by atoms with E-state index in [1.807, 2.05) is 12.3 Å². The molecule has 2 aliphatic rings. The maximum atomic E-state index is 10.1. The van der Waals surface area contributed by atoms with E-state index >= 15 is 0 Å². The van der Waals surface area contributed by atoms with Crippen molar-refractivity contribution >= 4 is 21.5 Å². The summed E-state index contributed by atoms with van der Waals surface area (Å²) in [5.41, 5.74) is 6.27. The second-order valence-corrected chi connectivity index (χ2v) is 14.4. The van der Waals surface area contributed by atoms with Crippen LogP contribution in [0.25, 0.3) is 38.1 Å². The van der Waals surface area contributed by atoms with Crippen molar-refractivity contribution in [1.29, 1.82) is 0 Å². The summed E-state index contributed by atoms with van der Waals surface area (Å²) >= 11 is 0. The summed E-state index contributed by atoms with van der Waals surface area (Å²) in [6.45, 7) is 15.7. The van der Waals surface area contributed by atoms with E-state index in [-0.39, 0.29) is 31.6 Å². The van der Waals surface area contributed by atoms with E-state index in [1.165, 1.54) is 70.3 Å². The molecule has 1 N–H and O–H groups in total. The van der Waals surface area contributed by atoms with Crippen molar-refractivity contribution in [2.24, 2.45) is 11.8 Å². The molecule has 1 heterocycles. The molecule has 1 radical (unpaired) electrons. The van der Waals surface area contributed by atoms with Gasteiger partial charge in [-0.3, -0.25) is 0 Å². The summed E-state index contributed by atoms with van der Waals surface area (Å²) in [7, 11) is 0. The molecule has 0 amide bonds. The minimum absolute atomic E-state index is 0. The van der Waals surface area contributed by atoms with Crippen LogP contribution in [-0.4, -0.2) is 28.3 Å². The Balaban J connectivity index is 0.000000224. The minimum Gasteiger partial charge on any atom is -0.657 e. The molecule has 4 heteroatoms. The number of aliphatic hydroxyl groups is 1. The average Bonchev–Trinajstić information content (AvgIpc) is 3.00. The van der Waals surface area contributed by atoms with E-state index in [2.05, 4.69) is 97.0 Å². The number of hydrogen-bond acceptors (Lipinski definition) is 2. The molecule has 1 aromatic heterocycles. The van der Waals surface area contributed by atoms with Crippen LogP contribution in [0.15, 0.2) is 54.7 Å². The Morgan fingerprint density at radius 1 is 0.978 bits per heavy atom. The van der Waals surface area contributed by atoms with E-state index in [0.717, 1.165) is 36.9 Å². The minimum atomic E-state index is -0.160. The summed E-state index contributed by atoms with van der Waals surface area (Å²) < 4.78 is 0. The Bertz CT molecular complexity index is 1550. The van der Waals surface area contributed by atoms with Crippen LogP contribution in [0, 0.1) is 17.9 Å². The van der Waals surface area contributed by atoms with Crippen molar-refractivity contribution in [1.82, 2.24) is 4.98 Å². The van der Waals surface area contributed by atoms with Crippen molar-refractivity contribution < 1.29 is 25.2 Å². The zero-order valence-electron chi connectivity index (χ0n) is 28.6. The molecule has 1 fully saturated rings. The van der Waals surface area contributed by atoms with Gasteiger partial charge in [0, 0.05) is 31.7 Å². The second-order valence-electron chi connectivity index (χ2n) is 14.4. The Kier molecular flexibility index (Phi) is 12.4. The van der Waals surface area contributed by atoms with Crippen LogP contribution in [0.3, 0.4) is 0 Å². The topological polar surface area (TPSA) is 47.2 Å². The first kappa shape index (κ1) is 35.7. The largest absolute Gasteiger partial charge is 0.657 e. The molecule has 45 heavy (non-hydrogen) atoms. The number of fused-ring (bicyclic) bond motifs is 4. The number of hydrogen-bond donors (Lipinski definition) is 1. The quantitative estimate of drug-likeness (QED) is 0.172. The molecule has 6 rings (SSSR count). The van der Waals surface area contributed by atoms with Gasteiger partial charge in [-0.25, -0.2) is 0 Å². The SMILES string of the molecule is CC(C)Cc1ccc2cnc3c(c2c1)C(C)(C)c1cccc2cc[c-]c-3c12.CCC(CC)C(O)CC(C)[N-]C1CCCCC1.[Ir]. The monoisotopic (exact) mass is 783 g/mol. The molecule has 4 aromatic rings. The van der Waals surface area contributed by atoms with E-state index in [9.17, 15) is 5.11 Å². The van der Waals surface area contributed by atoms with E-state index in [4.69, 9.17) is 10.3 Å². The molecule has 0 bridgehead atoms. The fraction of sp³-hybridized carbons (Fsp3) is 0.537. The van der Waals surface area contributed by atoms with Crippen LogP contribution >= 0.6 is 0 Å². The zero-order valence-corrected chi connectivity index (χ0v) is 31.0. The van der Waals surface area contributed by atoms with E-state index in [0.29, 0.717) is 23.9 Å². The second kappa shape index (κ2) is 15.7. The molecule has 1 saturated carbocycles. The number of pyridine rings is 1. The number of benzene rings is 3. The van der Waals surface area contributed by atoms with Crippen molar-refractivity contribution in [2.45, 2.75) is 130 Å². The van der Waals surface area contributed by atoms with Gasteiger partial charge in [0.1, 0.15) is 0 Å². The Morgan fingerprint density at radius 2 is 1.71 bits per heavy atom. The fourth-order valence-electron chi connectivity index (χ4n) is 7.82. The third-order valence-electron chi connectivity index (χ3n) is 10.2. The van der Waals surface area contributed by atoms with Crippen molar-refractivity contribution in [3.05, 3.63) is 82.8 Å². The van der Waals surface area contributed by atoms with Gasteiger partial charge in [-0.1, -0.05) is 141 Å². The van der Waals surface area contributed by atoms with Gasteiger partial charge in [0.15, 0.2) is 0 Å². The molecule has 0 aliphatic heterocycles. The van der Waals surface area contributed by atoms with Crippen LogP contribution in [0.1, 0.15) is 117 Å². The zero-order chi connectivity index (χ0) is 31.4. The molecule has 3 nitrogen and oxygen atoms in total. The molecule has 0 spiro atoms. The third-order valence-corrected chi connectivity index (χ3v) is 10.2. The van der Waals surface area contributed by atoms with E-state index < -0.39 is 0 Å². The van der Waals surface area contributed by atoms with Gasteiger partial charge in [0.05, 0.1) is 6.10 Å². The Hall–Kier alpha value is -2.10. The summed E-state index contributed by atoms with van der Waals surface area (Å²) in [5, 5.41) is 20.2. The maximum Gasteiger partial charge on any atom is 0.0554 e. The van der Waals surface area contributed by atoms with Crippen LogP contribution < -0.4 is 0 Å².